The van der Waals surface area contributed by atoms with Crippen LogP contribution < -0.4 is 0 Å². The highest BCUT2D eigenvalue weighted by Crippen LogP contribution is 2.09. The summed E-state index contributed by atoms with van der Waals surface area (Å²) in [6.45, 7) is 4.01. The summed E-state index contributed by atoms with van der Waals surface area (Å²) in [5.74, 6) is -0.198. The first-order valence-corrected chi connectivity index (χ1v) is 4.78. The number of hydrogen-bond donors (Lipinski definition) is 1. The molecule has 1 heterocycles. The molecule has 0 radical (unpaired) electrons. The summed E-state index contributed by atoms with van der Waals surface area (Å²) >= 11 is 0. The largest absolute Gasteiger partial charge is 0.465 e. The molecule has 1 atom stereocenters. The van der Waals surface area contributed by atoms with E-state index in [0.717, 1.165) is 19.4 Å². The van der Waals surface area contributed by atoms with Crippen molar-refractivity contribution in [2.75, 3.05) is 26.2 Å². The van der Waals surface area contributed by atoms with Gasteiger partial charge >= 0.3 is 5.97 Å². The number of carbonyl (C=O) groups is 1. The summed E-state index contributed by atoms with van der Waals surface area (Å²) in [7, 11) is 0. The van der Waals surface area contributed by atoms with E-state index in [1.54, 1.807) is 6.92 Å². The number of nitrogens with zero attached hydrogens (tertiary/aromatic N) is 1. The molecule has 4 nitrogen and oxygen atoms in total. The third-order valence-electron chi connectivity index (χ3n) is 2.14. The topological polar surface area (TPSA) is 49.8 Å². The second-order valence-electron chi connectivity index (χ2n) is 3.34. The maximum absolute atomic E-state index is 11.1. The first-order chi connectivity index (χ1) is 6.22. The fourth-order valence-electron chi connectivity index (χ4n) is 1.56. The molecule has 76 valence electrons. The Balaban J connectivity index is 2.23. The van der Waals surface area contributed by atoms with Crippen LogP contribution in [0.2, 0.25) is 0 Å². The number of aliphatic hydroxyl groups is 1. The number of ether oxygens (including phenoxy) is 1. The van der Waals surface area contributed by atoms with E-state index in [-0.39, 0.29) is 12.1 Å². The lowest BCUT2D eigenvalue weighted by Crippen LogP contribution is -2.41. The van der Waals surface area contributed by atoms with Gasteiger partial charge in [-0.2, -0.15) is 0 Å². The average Bonchev–Trinajstić information content (AvgIpc) is 2.04. The van der Waals surface area contributed by atoms with Crippen LogP contribution >= 0.6 is 0 Å². The third kappa shape index (κ3) is 3.74. The van der Waals surface area contributed by atoms with Gasteiger partial charge in [0.1, 0.15) is 0 Å². The minimum absolute atomic E-state index is 0.198. The normalized spacial score (nSPS) is 24.3. The zero-order valence-corrected chi connectivity index (χ0v) is 8.03. The van der Waals surface area contributed by atoms with Crippen molar-refractivity contribution in [1.82, 2.24) is 4.90 Å². The van der Waals surface area contributed by atoms with E-state index in [9.17, 15) is 9.90 Å². The lowest BCUT2D eigenvalue weighted by molar-refractivity contribution is -0.145. The van der Waals surface area contributed by atoms with Gasteiger partial charge in [0.2, 0.25) is 0 Å². The summed E-state index contributed by atoms with van der Waals surface area (Å²) in [6.07, 6.45) is 1.53. The number of β-amino-alcohol motifs (C(OH)–C–C–N with tert-alkyl or cyclic N) is 1. The Hall–Kier alpha value is -0.610. The number of esters is 1. The van der Waals surface area contributed by atoms with Crippen molar-refractivity contribution in [1.29, 1.82) is 0 Å². The van der Waals surface area contributed by atoms with E-state index >= 15 is 0 Å². The van der Waals surface area contributed by atoms with Crippen LogP contribution in [0.1, 0.15) is 19.8 Å². The van der Waals surface area contributed by atoms with Crippen molar-refractivity contribution < 1.29 is 14.6 Å². The maximum Gasteiger partial charge on any atom is 0.320 e. The first-order valence-electron chi connectivity index (χ1n) is 4.78. The van der Waals surface area contributed by atoms with Crippen LogP contribution in [0.5, 0.6) is 0 Å². The van der Waals surface area contributed by atoms with E-state index in [0.29, 0.717) is 19.7 Å². The molecular formula is C9H17NO3. The van der Waals surface area contributed by atoms with E-state index in [1.807, 2.05) is 4.90 Å². The fraction of sp³-hybridized carbons (Fsp3) is 0.889. The summed E-state index contributed by atoms with van der Waals surface area (Å²) in [4.78, 5) is 13.0. The third-order valence-corrected chi connectivity index (χ3v) is 2.14. The minimum Gasteiger partial charge on any atom is -0.465 e. The van der Waals surface area contributed by atoms with Gasteiger partial charge in [0.15, 0.2) is 0 Å². The highest BCUT2D eigenvalue weighted by Gasteiger charge is 2.19. The van der Waals surface area contributed by atoms with Gasteiger partial charge in [-0.15, -0.1) is 0 Å². The Morgan fingerprint density at radius 3 is 3.08 bits per heavy atom. The fourth-order valence-corrected chi connectivity index (χ4v) is 1.56. The van der Waals surface area contributed by atoms with Crippen LogP contribution in [0.25, 0.3) is 0 Å². The van der Waals surface area contributed by atoms with Gasteiger partial charge < -0.3 is 9.84 Å². The molecule has 1 saturated heterocycles. The van der Waals surface area contributed by atoms with Crippen molar-refractivity contribution in [2.24, 2.45) is 0 Å². The Morgan fingerprint density at radius 1 is 1.69 bits per heavy atom. The van der Waals surface area contributed by atoms with Crippen molar-refractivity contribution >= 4 is 5.97 Å². The Labute approximate surface area is 78.5 Å². The lowest BCUT2D eigenvalue weighted by Gasteiger charge is -2.28. The molecule has 0 saturated carbocycles. The van der Waals surface area contributed by atoms with Crippen LogP contribution in [0.15, 0.2) is 0 Å². The molecule has 0 amide bonds. The molecule has 4 heteroatoms. The van der Waals surface area contributed by atoms with Crippen LogP contribution in [-0.2, 0) is 9.53 Å². The number of likely N-dealkylation sites (tertiary alicyclic amines) is 1. The molecule has 0 aromatic rings. The van der Waals surface area contributed by atoms with Gasteiger partial charge in [-0.25, -0.2) is 0 Å². The Bertz CT molecular complexity index is 172. The molecule has 0 bridgehead atoms. The summed E-state index contributed by atoms with van der Waals surface area (Å²) < 4.78 is 4.82. The number of rotatable bonds is 3. The standard InChI is InChI=1S/C9H17NO3/c1-2-13-9(12)7-10-5-3-4-8(11)6-10/h8,11H,2-7H2,1H3/t8-/m0/s1. The Kier molecular flexibility index (Phi) is 4.18. The van der Waals surface area contributed by atoms with E-state index in [1.165, 1.54) is 0 Å². The number of piperidine rings is 1. The molecule has 0 aromatic heterocycles. The number of hydrogen-bond acceptors (Lipinski definition) is 4. The smallest absolute Gasteiger partial charge is 0.320 e. The van der Waals surface area contributed by atoms with E-state index in [4.69, 9.17) is 4.74 Å². The van der Waals surface area contributed by atoms with Gasteiger partial charge in [-0.05, 0) is 26.3 Å². The molecule has 0 spiro atoms. The summed E-state index contributed by atoms with van der Waals surface area (Å²) in [5, 5.41) is 9.33. The van der Waals surface area contributed by atoms with Gasteiger partial charge in [-0.3, -0.25) is 9.69 Å². The SMILES string of the molecule is CCOC(=O)CN1CCC[C@H](O)C1. The predicted molar refractivity (Wildman–Crippen MR) is 48.3 cm³/mol. The summed E-state index contributed by atoms with van der Waals surface area (Å²) in [5.41, 5.74) is 0. The van der Waals surface area contributed by atoms with E-state index < -0.39 is 0 Å². The maximum atomic E-state index is 11.1. The number of carbonyl (C=O) groups excluding carboxylic acids is 1. The number of aliphatic hydroxyl groups excluding tert-OH is 1. The minimum atomic E-state index is -0.275. The second kappa shape index (κ2) is 5.19. The molecule has 1 aliphatic heterocycles. The monoisotopic (exact) mass is 187 g/mol. The molecule has 0 unspecified atom stereocenters. The molecule has 1 fully saturated rings. The van der Waals surface area contributed by atoms with Crippen molar-refractivity contribution in [2.45, 2.75) is 25.9 Å². The van der Waals surface area contributed by atoms with Gasteiger partial charge in [0.05, 0.1) is 19.3 Å². The second-order valence-corrected chi connectivity index (χ2v) is 3.34. The van der Waals surface area contributed by atoms with Crippen LogP contribution in [0, 0.1) is 0 Å². The van der Waals surface area contributed by atoms with Gasteiger partial charge in [0.25, 0.3) is 0 Å². The van der Waals surface area contributed by atoms with Crippen LogP contribution in [0.3, 0.4) is 0 Å². The molecule has 13 heavy (non-hydrogen) atoms. The Morgan fingerprint density at radius 2 is 2.46 bits per heavy atom. The highest BCUT2D eigenvalue weighted by atomic mass is 16.5. The first kappa shape index (κ1) is 10.5. The molecule has 0 aliphatic carbocycles. The highest BCUT2D eigenvalue weighted by molar-refractivity contribution is 5.71. The quantitative estimate of drug-likeness (QED) is 0.632. The molecular weight excluding hydrogens is 170 g/mol. The molecule has 0 aromatic carbocycles. The van der Waals surface area contributed by atoms with Crippen molar-refractivity contribution in [3.63, 3.8) is 0 Å². The van der Waals surface area contributed by atoms with Crippen molar-refractivity contribution in [3.8, 4) is 0 Å². The molecule has 1 N–H and O–H groups in total. The van der Waals surface area contributed by atoms with E-state index in [2.05, 4.69) is 0 Å². The van der Waals surface area contributed by atoms with Gasteiger partial charge in [0, 0.05) is 6.54 Å². The van der Waals surface area contributed by atoms with Crippen LogP contribution in [0.4, 0.5) is 0 Å². The van der Waals surface area contributed by atoms with Crippen molar-refractivity contribution in [3.05, 3.63) is 0 Å². The molecule has 1 aliphatic rings. The predicted octanol–water partition coefficient (Wildman–Crippen LogP) is 0.00620. The van der Waals surface area contributed by atoms with Crippen LogP contribution in [-0.4, -0.2) is 48.3 Å². The molecule has 1 rings (SSSR count). The summed E-state index contributed by atoms with van der Waals surface area (Å²) in [6, 6.07) is 0. The van der Waals surface area contributed by atoms with Gasteiger partial charge in [-0.1, -0.05) is 0 Å². The lowest BCUT2D eigenvalue weighted by atomic mass is 10.1. The zero-order chi connectivity index (χ0) is 9.68. The average molecular weight is 187 g/mol. The zero-order valence-electron chi connectivity index (χ0n) is 8.03.